The van der Waals surface area contributed by atoms with Crippen molar-refractivity contribution < 1.29 is 0 Å². The quantitative estimate of drug-likeness (QED) is 0.0817. The molecule has 2 fully saturated rings. The highest BCUT2D eigenvalue weighted by Gasteiger charge is 2.54. The Morgan fingerprint density at radius 3 is 1.66 bits per heavy atom. The van der Waals surface area contributed by atoms with Gasteiger partial charge < -0.3 is 0 Å². The van der Waals surface area contributed by atoms with Crippen molar-refractivity contribution in [3.05, 3.63) is 191 Å². The largest absolute Gasteiger partial charge is 0.0848 e. The first-order chi connectivity index (χ1) is 32.0. The fourth-order valence-corrected chi connectivity index (χ4v) is 14.9. The predicted octanol–water partition coefficient (Wildman–Crippen LogP) is 18.1. The zero-order valence-corrected chi connectivity index (χ0v) is 41.6. The molecular weight excluding hydrogens is 781 g/mol. The molecule has 10 rings (SSSR count). The van der Waals surface area contributed by atoms with E-state index in [0.29, 0.717) is 29.6 Å². The lowest BCUT2D eigenvalue weighted by Crippen LogP contribution is -2.26. The van der Waals surface area contributed by atoms with Crippen molar-refractivity contribution in [3.63, 3.8) is 0 Å². The van der Waals surface area contributed by atoms with E-state index in [1.165, 1.54) is 94.6 Å². The van der Waals surface area contributed by atoms with Gasteiger partial charge in [0.15, 0.2) is 0 Å². The van der Waals surface area contributed by atoms with E-state index in [0.717, 1.165) is 41.4 Å². The van der Waals surface area contributed by atoms with Crippen LogP contribution in [0.4, 0.5) is 0 Å². The van der Waals surface area contributed by atoms with E-state index in [-0.39, 0.29) is 5.41 Å². The second kappa shape index (κ2) is 22.1. The van der Waals surface area contributed by atoms with E-state index in [9.17, 15) is 0 Å². The molecule has 0 N–H and O–H groups in total. The van der Waals surface area contributed by atoms with Gasteiger partial charge >= 0.3 is 0 Å². The van der Waals surface area contributed by atoms with Gasteiger partial charge in [-0.3, -0.25) is 0 Å². The van der Waals surface area contributed by atoms with Gasteiger partial charge in [-0.2, -0.15) is 0 Å². The maximum atomic E-state index is 2.64. The van der Waals surface area contributed by atoms with Crippen molar-refractivity contribution in [2.75, 3.05) is 0 Å². The molecule has 5 aromatic rings. The molecule has 0 spiro atoms. The van der Waals surface area contributed by atoms with E-state index in [1.54, 1.807) is 27.8 Å². The molecule has 2 bridgehead atoms. The Labute approximate surface area is 397 Å². The predicted molar refractivity (Wildman–Crippen MR) is 280 cm³/mol. The van der Waals surface area contributed by atoms with Crippen LogP contribution in [-0.4, -0.2) is 0 Å². The normalized spacial score (nSPS) is 28.5. The third kappa shape index (κ3) is 10.2. The van der Waals surface area contributed by atoms with E-state index >= 15 is 0 Å². The molecule has 5 aliphatic carbocycles. The Morgan fingerprint density at radius 1 is 0.538 bits per heavy atom. The van der Waals surface area contributed by atoms with Crippen LogP contribution in [0.3, 0.4) is 0 Å². The Balaban J connectivity index is 0.00000140. The Morgan fingerprint density at radius 2 is 1.05 bits per heavy atom. The first kappa shape index (κ1) is 47.3. The molecule has 0 aliphatic heterocycles. The SMILES string of the molecule is CC.CC.CCC(CCC(C)(CCC(CCC1c2ccccc2CC1CC1c2ccccc2CC1CC1C(C)CC2C3C=CC(C3)C12)c1ccccc1)c1ccccc1)c1ccccc1. The average Bonchev–Trinajstić information content (AvgIpc) is 4.20. The Kier molecular flexibility index (Phi) is 16.1. The minimum atomic E-state index is 0.134. The highest BCUT2D eigenvalue weighted by molar-refractivity contribution is 5.40. The van der Waals surface area contributed by atoms with E-state index in [4.69, 9.17) is 0 Å². The van der Waals surface area contributed by atoms with Crippen LogP contribution in [0.1, 0.15) is 182 Å². The van der Waals surface area contributed by atoms with Gasteiger partial charge in [-0.25, -0.2) is 0 Å². The third-order valence-corrected chi connectivity index (χ3v) is 18.1. The van der Waals surface area contributed by atoms with Crippen LogP contribution in [-0.2, 0) is 18.3 Å². The molecule has 0 heterocycles. The lowest BCUT2D eigenvalue weighted by atomic mass is 9.70. The summed E-state index contributed by atoms with van der Waals surface area (Å²) in [4.78, 5) is 0. The molecule has 0 amide bonds. The smallest absolute Gasteiger partial charge is 0.00748 e. The summed E-state index contributed by atoms with van der Waals surface area (Å²) in [5, 5.41) is 0. The molecule has 5 aliphatic rings. The summed E-state index contributed by atoms with van der Waals surface area (Å²) in [5.41, 5.74) is 11.4. The van der Waals surface area contributed by atoms with Crippen LogP contribution in [0.5, 0.6) is 0 Å². The number of allylic oxidation sites excluding steroid dienone is 2. The van der Waals surface area contributed by atoms with Gasteiger partial charge in [0.2, 0.25) is 0 Å². The van der Waals surface area contributed by atoms with Crippen LogP contribution in [0.15, 0.2) is 152 Å². The topological polar surface area (TPSA) is 0 Å². The van der Waals surface area contributed by atoms with Crippen LogP contribution in [0.25, 0.3) is 0 Å². The highest BCUT2D eigenvalue weighted by atomic mass is 14.6. The van der Waals surface area contributed by atoms with Crippen molar-refractivity contribution in [1.29, 1.82) is 0 Å². The van der Waals surface area contributed by atoms with E-state index < -0.39 is 0 Å². The first-order valence-electron chi connectivity index (χ1n) is 26.9. The van der Waals surface area contributed by atoms with E-state index in [2.05, 4.69) is 172 Å². The van der Waals surface area contributed by atoms with Gasteiger partial charge in [0, 0.05) is 0 Å². The summed E-state index contributed by atoms with van der Waals surface area (Å²) in [6, 6.07) is 53.8. The van der Waals surface area contributed by atoms with Crippen LogP contribution in [0.2, 0.25) is 0 Å². The Hall–Kier alpha value is -4.16. The molecule has 0 saturated heterocycles. The monoisotopic (exact) mass is 865 g/mol. The second-order valence-electron chi connectivity index (χ2n) is 21.3. The summed E-state index contributed by atoms with van der Waals surface area (Å²) in [5.74, 6) is 9.45. The molecule has 65 heavy (non-hydrogen) atoms. The second-order valence-corrected chi connectivity index (χ2v) is 21.3. The summed E-state index contributed by atoms with van der Waals surface area (Å²) < 4.78 is 0. The van der Waals surface area contributed by atoms with Gasteiger partial charge in [-0.1, -0.05) is 200 Å². The fraction of sp³-hybridized carbons (Fsp3) is 0.508. The molecule has 5 aromatic carbocycles. The maximum absolute atomic E-state index is 2.64. The van der Waals surface area contributed by atoms with Crippen LogP contribution < -0.4 is 0 Å². The van der Waals surface area contributed by atoms with Gasteiger partial charge in [0.1, 0.15) is 0 Å². The lowest BCUT2D eigenvalue weighted by Gasteiger charge is -2.35. The van der Waals surface area contributed by atoms with Gasteiger partial charge in [0.25, 0.3) is 0 Å². The van der Waals surface area contributed by atoms with Crippen molar-refractivity contribution in [2.45, 2.75) is 161 Å². The molecule has 0 heteroatoms. The molecule has 0 nitrogen and oxygen atoms in total. The van der Waals surface area contributed by atoms with Crippen molar-refractivity contribution in [3.8, 4) is 0 Å². The minimum absolute atomic E-state index is 0.134. The van der Waals surface area contributed by atoms with Crippen LogP contribution in [0, 0.1) is 47.3 Å². The molecule has 0 aromatic heterocycles. The number of hydrogen-bond acceptors (Lipinski definition) is 0. The Bertz CT molecular complexity index is 2220. The third-order valence-electron chi connectivity index (χ3n) is 18.1. The van der Waals surface area contributed by atoms with Gasteiger partial charge in [-0.05, 0) is 199 Å². The van der Waals surface area contributed by atoms with Crippen molar-refractivity contribution in [2.24, 2.45) is 47.3 Å². The summed E-state index contributed by atoms with van der Waals surface area (Å²) in [6.07, 6.45) is 22.2. The molecular formula is C65H84. The molecule has 344 valence electrons. The molecule has 2 saturated carbocycles. The summed E-state index contributed by atoms with van der Waals surface area (Å²) >= 11 is 0. The van der Waals surface area contributed by atoms with Crippen LogP contribution >= 0.6 is 0 Å². The average molecular weight is 865 g/mol. The van der Waals surface area contributed by atoms with Gasteiger partial charge in [-0.15, -0.1) is 0 Å². The summed E-state index contributed by atoms with van der Waals surface area (Å²) in [6.45, 7) is 15.6. The standard InChI is InChI=1S/C61H72.2C2H6/c1-4-43(44-18-8-5-9-19-44)32-34-61(3,53-24-12-7-13-25-53)35-33-46(45-20-10-6-11-21-45)30-31-56-51(38-47-22-14-16-26-54(47)56)41-58-52(39-48-23-15-17-27-55(48)58)40-57-42(2)36-59-49-28-29-50(37-49)60(57)59;2*1-2/h5-29,42-43,46,49-52,56-60H,4,30-41H2,1-3H3;2*1-2H3. The van der Waals surface area contributed by atoms with Crippen molar-refractivity contribution in [1.82, 2.24) is 0 Å². The maximum Gasteiger partial charge on any atom is -0.00748 e. The lowest BCUT2D eigenvalue weighted by molar-refractivity contribution is 0.198. The number of rotatable bonds is 17. The zero-order chi connectivity index (χ0) is 45.3. The molecule has 13 atom stereocenters. The van der Waals surface area contributed by atoms with Crippen molar-refractivity contribution >= 4 is 0 Å². The fourth-order valence-electron chi connectivity index (χ4n) is 14.9. The van der Waals surface area contributed by atoms with Gasteiger partial charge in [0.05, 0.1) is 0 Å². The zero-order valence-electron chi connectivity index (χ0n) is 41.6. The minimum Gasteiger partial charge on any atom is -0.0848 e. The molecule has 0 radical (unpaired) electrons. The van der Waals surface area contributed by atoms with E-state index in [1.807, 2.05) is 27.7 Å². The first-order valence-corrected chi connectivity index (χ1v) is 26.9. The number of hydrogen-bond donors (Lipinski definition) is 0. The number of benzene rings is 5. The highest BCUT2D eigenvalue weighted by Crippen LogP contribution is 2.62. The summed E-state index contributed by atoms with van der Waals surface area (Å²) in [7, 11) is 0. The number of fused-ring (bicyclic) bond motifs is 7. The molecule has 13 unspecified atom stereocenters.